The summed E-state index contributed by atoms with van der Waals surface area (Å²) < 4.78 is 5.20. The number of amides is 3. The zero-order chi connectivity index (χ0) is 20.4. The third kappa shape index (κ3) is 6.75. The lowest BCUT2D eigenvalue weighted by Crippen LogP contribution is -2.53. The van der Waals surface area contributed by atoms with Gasteiger partial charge in [0, 0.05) is 6.42 Å². The smallest absolute Gasteiger partial charge is 0.408 e. The Kier molecular flexibility index (Phi) is 8.02. The van der Waals surface area contributed by atoms with E-state index in [1.807, 2.05) is 60.7 Å². The predicted molar refractivity (Wildman–Crippen MR) is 105 cm³/mol. The van der Waals surface area contributed by atoms with Gasteiger partial charge in [-0.2, -0.15) is 0 Å². The van der Waals surface area contributed by atoms with Crippen molar-refractivity contribution in [3.63, 3.8) is 0 Å². The van der Waals surface area contributed by atoms with Gasteiger partial charge in [-0.25, -0.2) is 4.79 Å². The van der Waals surface area contributed by atoms with Crippen LogP contribution in [0.25, 0.3) is 0 Å². The van der Waals surface area contributed by atoms with E-state index >= 15 is 0 Å². The molecule has 0 spiro atoms. The molecule has 0 aliphatic heterocycles. The van der Waals surface area contributed by atoms with Gasteiger partial charge in [0.05, 0.1) is 0 Å². The number of hydrogen-bond donors (Lipinski definition) is 3. The average Bonchev–Trinajstić information content (AvgIpc) is 2.71. The van der Waals surface area contributed by atoms with Gasteiger partial charge >= 0.3 is 6.09 Å². The highest BCUT2D eigenvalue weighted by Gasteiger charge is 2.25. The molecule has 3 amide bonds. The standard InChI is InChI=1S/C21H25N3O4/c1-2-17(19(22)25)23-20(26)18(13-15-9-5-3-6-10-15)24-21(27)28-14-16-11-7-4-8-12-16/h3-12,17-18H,2,13-14H2,1H3,(H2,22,25)(H,23,26)(H,24,27)/t17-,18-/m0/s1. The minimum atomic E-state index is -0.904. The SMILES string of the molecule is CC[C@H](NC(=O)[C@H](Cc1ccccc1)NC(=O)OCc1ccccc1)C(N)=O. The lowest BCUT2D eigenvalue weighted by Gasteiger charge is -2.21. The van der Waals surface area contributed by atoms with Gasteiger partial charge < -0.3 is 21.1 Å². The summed E-state index contributed by atoms with van der Waals surface area (Å²) in [5.41, 5.74) is 6.99. The van der Waals surface area contributed by atoms with Crippen LogP contribution < -0.4 is 16.4 Å². The molecule has 0 fully saturated rings. The molecule has 2 rings (SSSR count). The number of nitrogens with two attached hydrogens (primary N) is 1. The lowest BCUT2D eigenvalue weighted by atomic mass is 10.0. The van der Waals surface area contributed by atoms with Crippen LogP contribution in [-0.4, -0.2) is 30.0 Å². The highest BCUT2D eigenvalue weighted by atomic mass is 16.5. The Hall–Kier alpha value is -3.35. The minimum absolute atomic E-state index is 0.0885. The third-order valence-corrected chi connectivity index (χ3v) is 4.17. The second-order valence-electron chi connectivity index (χ2n) is 6.32. The van der Waals surface area contributed by atoms with Crippen LogP contribution in [0.3, 0.4) is 0 Å². The summed E-state index contributed by atoms with van der Waals surface area (Å²) in [6.07, 6.45) is -0.105. The number of carbonyl (C=O) groups excluding carboxylic acids is 3. The van der Waals surface area contributed by atoms with E-state index < -0.39 is 30.0 Å². The topological polar surface area (TPSA) is 111 Å². The molecule has 28 heavy (non-hydrogen) atoms. The van der Waals surface area contributed by atoms with Crippen molar-refractivity contribution in [2.45, 2.75) is 38.5 Å². The molecule has 0 saturated carbocycles. The lowest BCUT2D eigenvalue weighted by molar-refractivity contribution is -0.128. The molecule has 0 aliphatic carbocycles. The van der Waals surface area contributed by atoms with Gasteiger partial charge in [0.15, 0.2) is 0 Å². The zero-order valence-electron chi connectivity index (χ0n) is 15.8. The molecule has 0 bridgehead atoms. The van der Waals surface area contributed by atoms with Crippen molar-refractivity contribution in [1.82, 2.24) is 10.6 Å². The highest BCUT2D eigenvalue weighted by molar-refractivity contribution is 5.90. The largest absolute Gasteiger partial charge is 0.445 e. The minimum Gasteiger partial charge on any atom is -0.445 e. The highest BCUT2D eigenvalue weighted by Crippen LogP contribution is 2.06. The third-order valence-electron chi connectivity index (χ3n) is 4.17. The molecule has 0 unspecified atom stereocenters. The van der Waals surface area contributed by atoms with E-state index in [-0.39, 0.29) is 13.0 Å². The Morgan fingerprint density at radius 1 is 0.893 bits per heavy atom. The van der Waals surface area contributed by atoms with Crippen molar-refractivity contribution >= 4 is 17.9 Å². The van der Waals surface area contributed by atoms with Crippen LogP contribution in [0.2, 0.25) is 0 Å². The summed E-state index contributed by atoms with van der Waals surface area (Å²) in [6, 6.07) is 16.8. The Bertz CT molecular complexity index is 781. The number of alkyl carbamates (subject to hydrolysis) is 1. The van der Waals surface area contributed by atoms with Gasteiger partial charge in [-0.05, 0) is 17.5 Å². The van der Waals surface area contributed by atoms with Crippen LogP contribution in [0.5, 0.6) is 0 Å². The van der Waals surface area contributed by atoms with Crippen LogP contribution in [0.4, 0.5) is 4.79 Å². The normalized spacial score (nSPS) is 12.5. The van der Waals surface area contributed by atoms with Crippen molar-refractivity contribution in [2.75, 3.05) is 0 Å². The van der Waals surface area contributed by atoms with E-state index in [0.717, 1.165) is 11.1 Å². The first-order valence-corrected chi connectivity index (χ1v) is 9.10. The molecule has 0 aliphatic rings. The first kappa shape index (κ1) is 21.0. The summed E-state index contributed by atoms with van der Waals surface area (Å²) in [5, 5.41) is 5.16. The van der Waals surface area contributed by atoms with Gasteiger partial charge in [-0.15, -0.1) is 0 Å². The quantitative estimate of drug-likeness (QED) is 0.614. The molecule has 2 aromatic rings. The van der Waals surface area contributed by atoms with Crippen LogP contribution >= 0.6 is 0 Å². The van der Waals surface area contributed by atoms with Crippen molar-refractivity contribution in [3.05, 3.63) is 71.8 Å². The van der Waals surface area contributed by atoms with Gasteiger partial charge in [-0.1, -0.05) is 67.6 Å². The molecule has 0 aromatic heterocycles. The molecular formula is C21H25N3O4. The molecule has 2 atom stereocenters. The van der Waals surface area contributed by atoms with Crippen LogP contribution in [0.1, 0.15) is 24.5 Å². The van der Waals surface area contributed by atoms with Crippen molar-refractivity contribution < 1.29 is 19.1 Å². The van der Waals surface area contributed by atoms with Gasteiger partial charge in [0.2, 0.25) is 11.8 Å². The van der Waals surface area contributed by atoms with E-state index in [2.05, 4.69) is 10.6 Å². The molecule has 0 saturated heterocycles. The molecule has 4 N–H and O–H groups in total. The molecule has 148 valence electrons. The maximum atomic E-state index is 12.6. The Balaban J connectivity index is 2.03. The monoisotopic (exact) mass is 383 g/mol. The molecule has 0 heterocycles. The molecule has 7 nitrogen and oxygen atoms in total. The number of hydrogen-bond acceptors (Lipinski definition) is 4. The summed E-state index contributed by atoms with van der Waals surface area (Å²) in [6.45, 7) is 1.83. The van der Waals surface area contributed by atoms with Gasteiger partial charge in [0.25, 0.3) is 0 Å². The predicted octanol–water partition coefficient (Wildman–Crippen LogP) is 1.90. The molecular weight excluding hydrogens is 358 g/mol. The summed E-state index contributed by atoms with van der Waals surface area (Å²) in [5.74, 6) is -1.12. The molecule has 0 radical (unpaired) electrons. The van der Waals surface area contributed by atoms with Crippen LogP contribution in [0, 0.1) is 0 Å². The number of carbonyl (C=O) groups is 3. The maximum absolute atomic E-state index is 12.6. The summed E-state index contributed by atoms with van der Waals surface area (Å²) >= 11 is 0. The maximum Gasteiger partial charge on any atom is 0.408 e. The fraction of sp³-hybridized carbons (Fsp3) is 0.286. The molecule has 7 heteroatoms. The first-order valence-electron chi connectivity index (χ1n) is 9.10. The Labute approximate surface area is 164 Å². The van der Waals surface area contributed by atoms with Crippen LogP contribution in [-0.2, 0) is 27.4 Å². The van der Waals surface area contributed by atoms with E-state index in [1.54, 1.807) is 6.92 Å². The Morgan fingerprint density at radius 2 is 1.46 bits per heavy atom. The van der Waals surface area contributed by atoms with Gasteiger partial charge in [0.1, 0.15) is 18.7 Å². The van der Waals surface area contributed by atoms with E-state index in [1.165, 1.54) is 0 Å². The summed E-state index contributed by atoms with van der Waals surface area (Å²) in [4.78, 5) is 36.3. The fourth-order valence-electron chi connectivity index (χ4n) is 2.61. The Morgan fingerprint density at radius 3 is 2.00 bits per heavy atom. The number of nitrogens with one attached hydrogen (secondary N) is 2. The zero-order valence-corrected chi connectivity index (χ0v) is 15.8. The average molecular weight is 383 g/mol. The van der Waals surface area contributed by atoms with E-state index in [4.69, 9.17) is 10.5 Å². The first-order chi connectivity index (χ1) is 13.5. The van der Waals surface area contributed by atoms with Crippen LogP contribution in [0.15, 0.2) is 60.7 Å². The number of rotatable bonds is 9. The summed E-state index contributed by atoms with van der Waals surface area (Å²) in [7, 11) is 0. The van der Waals surface area contributed by atoms with Crippen molar-refractivity contribution in [2.24, 2.45) is 5.73 Å². The fourth-order valence-corrected chi connectivity index (χ4v) is 2.61. The van der Waals surface area contributed by atoms with E-state index in [9.17, 15) is 14.4 Å². The number of benzene rings is 2. The van der Waals surface area contributed by atoms with E-state index in [0.29, 0.717) is 6.42 Å². The number of primary amides is 1. The van der Waals surface area contributed by atoms with Crippen molar-refractivity contribution in [3.8, 4) is 0 Å². The second-order valence-corrected chi connectivity index (χ2v) is 6.32. The van der Waals surface area contributed by atoms with Gasteiger partial charge in [-0.3, -0.25) is 9.59 Å². The second kappa shape index (κ2) is 10.7. The number of ether oxygens (including phenoxy) is 1. The molecule has 2 aromatic carbocycles. The van der Waals surface area contributed by atoms with Crippen molar-refractivity contribution in [1.29, 1.82) is 0 Å².